The number of nitrogens with one attached hydrogen (secondary N) is 1. The summed E-state index contributed by atoms with van der Waals surface area (Å²) in [7, 11) is 0. The Labute approximate surface area is 114 Å². The molecule has 0 heterocycles. The molecule has 1 aromatic carbocycles. The summed E-state index contributed by atoms with van der Waals surface area (Å²) in [5.41, 5.74) is 0.529. The number of hydrogen-bond donors (Lipinski definition) is 1. The monoisotopic (exact) mass is 263 g/mol. The summed E-state index contributed by atoms with van der Waals surface area (Å²) in [6, 6.07) is 6.99. The normalized spacial score (nSPS) is 10.3. The summed E-state index contributed by atoms with van der Waals surface area (Å²) in [6.45, 7) is 6.40. The van der Waals surface area contributed by atoms with E-state index in [0.29, 0.717) is 30.2 Å². The largest absolute Gasteiger partial charge is 0.483 e. The van der Waals surface area contributed by atoms with E-state index in [4.69, 9.17) is 4.74 Å². The van der Waals surface area contributed by atoms with Crippen molar-refractivity contribution in [2.24, 2.45) is 5.92 Å². The highest BCUT2D eigenvalue weighted by molar-refractivity contribution is 5.98. The number of amides is 1. The minimum Gasteiger partial charge on any atom is -0.483 e. The highest BCUT2D eigenvalue weighted by Gasteiger charge is 2.11. The third-order valence-electron chi connectivity index (χ3n) is 2.57. The van der Waals surface area contributed by atoms with Gasteiger partial charge in [0.15, 0.2) is 12.4 Å². The van der Waals surface area contributed by atoms with Gasteiger partial charge in [0.1, 0.15) is 5.75 Å². The van der Waals surface area contributed by atoms with E-state index in [0.717, 1.165) is 0 Å². The van der Waals surface area contributed by atoms with Crippen LogP contribution in [0.5, 0.6) is 5.75 Å². The van der Waals surface area contributed by atoms with Crippen molar-refractivity contribution in [3.05, 3.63) is 29.8 Å². The Morgan fingerprint density at radius 2 is 1.95 bits per heavy atom. The second-order valence-electron chi connectivity index (χ2n) is 4.76. The lowest BCUT2D eigenvalue weighted by atomic mass is 10.1. The number of ketones is 1. The van der Waals surface area contributed by atoms with E-state index in [9.17, 15) is 9.59 Å². The van der Waals surface area contributed by atoms with Crippen molar-refractivity contribution in [3.63, 3.8) is 0 Å². The zero-order chi connectivity index (χ0) is 14.3. The molecular formula is C15H21NO3. The van der Waals surface area contributed by atoms with Crippen LogP contribution in [0.3, 0.4) is 0 Å². The molecule has 1 aromatic rings. The van der Waals surface area contributed by atoms with E-state index < -0.39 is 0 Å². The van der Waals surface area contributed by atoms with Gasteiger partial charge in [0.2, 0.25) is 0 Å². The third-order valence-corrected chi connectivity index (χ3v) is 2.57. The number of para-hydroxylation sites is 1. The highest BCUT2D eigenvalue weighted by atomic mass is 16.5. The van der Waals surface area contributed by atoms with E-state index in [1.54, 1.807) is 31.2 Å². The topological polar surface area (TPSA) is 55.4 Å². The molecule has 0 aliphatic heterocycles. The summed E-state index contributed by atoms with van der Waals surface area (Å²) >= 11 is 0. The number of rotatable bonds is 7. The summed E-state index contributed by atoms with van der Waals surface area (Å²) in [5, 5.41) is 2.77. The van der Waals surface area contributed by atoms with Crippen LogP contribution in [-0.2, 0) is 4.79 Å². The maximum absolute atomic E-state index is 11.7. The van der Waals surface area contributed by atoms with Crippen LogP contribution >= 0.6 is 0 Å². The van der Waals surface area contributed by atoms with Gasteiger partial charge in [0.25, 0.3) is 5.91 Å². The number of carbonyl (C=O) groups is 2. The molecule has 104 valence electrons. The molecule has 1 N–H and O–H groups in total. The number of Topliss-reactive ketones (excluding diaryl/α,β-unsaturated/α-hetero) is 1. The van der Waals surface area contributed by atoms with Crippen LogP contribution in [0, 0.1) is 5.92 Å². The highest BCUT2D eigenvalue weighted by Crippen LogP contribution is 2.19. The molecule has 19 heavy (non-hydrogen) atoms. The minimum atomic E-state index is -0.174. The predicted octanol–water partition coefficient (Wildman–Crippen LogP) is 2.43. The Balaban J connectivity index is 2.58. The smallest absolute Gasteiger partial charge is 0.257 e. The summed E-state index contributed by atoms with van der Waals surface area (Å²) in [5.74, 6) is 0.706. The molecule has 0 radical (unpaired) electrons. The quantitative estimate of drug-likeness (QED) is 0.769. The summed E-state index contributed by atoms with van der Waals surface area (Å²) in [6.07, 6.45) is 0.417. The maximum Gasteiger partial charge on any atom is 0.257 e. The van der Waals surface area contributed by atoms with Crippen LogP contribution < -0.4 is 10.1 Å². The number of ether oxygens (including phenoxy) is 1. The molecule has 0 fully saturated rings. The molecule has 1 amide bonds. The lowest BCUT2D eigenvalue weighted by Gasteiger charge is -2.11. The van der Waals surface area contributed by atoms with Crippen LogP contribution in [0.1, 0.15) is 37.6 Å². The number of hydrogen-bond acceptors (Lipinski definition) is 3. The minimum absolute atomic E-state index is 0.0122. The Hall–Kier alpha value is -1.84. The Morgan fingerprint density at radius 1 is 1.26 bits per heavy atom. The fourth-order valence-electron chi connectivity index (χ4n) is 1.53. The van der Waals surface area contributed by atoms with Crippen molar-refractivity contribution in [1.82, 2.24) is 5.32 Å². The Kier molecular flexibility index (Phi) is 6.06. The lowest BCUT2D eigenvalue weighted by Crippen LogP contribution is -2.31. The third kappa shape index (κ3) is 5.12. The summed E-state index contributed by atoms with van der Waals surface area (Å²) < 4.78 is 5.42. The molecule has 0 saturated heterocycles. The fourth-order valence-corrected chi connectivity index (χ4v) is 1.53. The van der Waals surface area contributed by atoms with Gasteiger partial charge in [-0.15, -0.1) is 0 Å². The van der Waals surface area contributed by atoms with Gasteiger partial charge in [-0.05, 0) is 18.1 Å². The van der Waals surface area contributed by atoms with Crippen LogP contribution in [0.25, 0.3) is 0 Å². The molecule has 0 atom stereocenters. The molecule has 4 nitrogen and oxygen atoms in total. The molecule has 0 aliphatic rings. The first-order valence-corrected chi connectivity index (χ1v) is 6.56. The average Bonchev–Trinajstić information content (AvgIpc) is 2.42. The zero-order valence-corrected chi connectivity index (χ0v) is 11.7. The second kappa shape index (κ2) is 7.56. The van der Waals surface area contributed by atoms with Crippen molar-refractivity contribution < 1.29 is 14.3 Å². The van der Waals surface area contributed by atoms with Gasteiger partial charge in [0, 0.05) is 13.0 Å². The molecule has 0 unspecified atom stereocenters. The van der Waals surface area contributed by atoms with Gasteiger partial charge >= 0.3 is 0 Å². The van der Waals surface area contributed by atoms with Gasteiger partial charge in [-0.1, -0.05) is 32.9 Å². The molecule has 4 heteroatoms. The average molecular weight is 263 g/mol. The molecule has 0 aromatic heterocycles. The van der Waals surface area contributed by atoms with Crippen molar-refractivity contribution >= 4 is 11.7 Å². The van der Waals surface area contributed by atoms with Crippen LogP contribution in [-0.4, -0.2) is 24.8 Å². The molecule has 0 aliphatic carbocycles. The predicted molar refractivity (Wildman–Crippen MR) is 74.4 cm³/mol. The van der Waals surface area contributed by atoms with Crippen molar-refractivity contribution in [3.8, 4) is 5.75 Å². The van der Waals surface area contributed by atoms with Gasteiger partial charge < -0.3 is 10.1 Å². The van der Waals surface area contributed by atoms with Gasteiger partial charge in [-0.2, -0.15) is 0 Å². The van der Waals surface area contributed by atoms with E-state index in [1.165, 1.54) is 0 Å². The standard InChI is InChI=1S/C15H21NO3/c1-4-13(17)12-7-5-6-8-14(12)19-10-15(18)16-9-11(2)3/h5-8,11H,4,9-10H2,1-3H3,(H,16,18). The van der Waals surface area contributed by atoms with Crippen LogP contribution in [0.15, 0.2) is 24.3 Å². The van der Waals surface area contributed by atoms with Gasteiger partial charge in [-0.3, -0.25) is 9.59 Å². The number of carbonyl (C=O) groups excluding carboxylic acids is 2. The summed E-state index contributed by atoms with van der Waals surface area (Å²) in [4.78, 5) is 23.3. The Bertz CT molecular complexity index is 441. The first kappa shape index (κ1) is 15.2. The van der Waals surface area contributed by atoms with E-state index in [1.807, 2.05) is 13.8 Å². The van der Waals surface area contributed by atoms with E-state index in [-0.39, 0.29) is 18.3 Å². The van der Waals surface area contributed by atoms with Crippen molar-refractivity contribution in [2.75, 3.05) is 13.2 Å². The van der Waals surface area contributed by atoms with E-state index in [2.05, 4.69) is 5.32 Å². The second-order valence-corrected chi connectivity index (χ2v) is 4.76. The molecule has 0 bridgehead atoms. The van der Waals surface area contributed by atoms with Gasteiger partial charge in [-0.25, -0.2) is 0 Å². The zero-order valence-electron chi connectivity index (χ0n) is 11.7. The van der Waals surface area contributed by atoms with Crippen LogP contribution in [0.4, 0.5) is 0 Å². The molecule has 0 spiro atoms. The lowest BCUT2D eigenvalue weighted by molar-refractivity contribution is -0.123. The van der Waals surface area contributed by atoms with Gasteiger partial charge in [0.05, 0.1) is 5.56 Å². The SMILES string of the molecule is CCC(=O)c1ccccc1OCC(=O)NCC(C)C. The van der Waals surface area contributed by atoms with E-state index >= 15 is 0 Å². The Morgan fingerprint density at radius 3 is 2.58 bits per heavy atom. The first-order valence-electron chi connectivity index (χ1n) is 6.56. The first-order chi connectivity index (χ1) is 9.04. The van der Waals surface area contributed by atoms with Crippen LogP contribution in [0.2, 0.25) is 0 Å². The number of benzene rings is 1. The molecule has 0 saturated carbocycles. The molecular weight excluding hydrogens is 242 g/mol. The van der Waals surface area contributed by atoms with Crippen molar-refractivity contribution in [1.29, 1.82) is 0 Å². The maximum atomic E-state index is 11.7. The fraction of sp³-hybridized carbons (Fsp3) is 0.467. The van der Waals surface area contributed by atoms with Crippen molar-refractivity contribution in [2.45, 2.75) is 27.2 Å². The molecule has 1 rings (SSSR count).